The van der Waals surface area contributed by atoms with E-state index >= 15 is 0 Å². The molecule has 7 heteroatoms. The van der Waals surface area contributed by atoms with Gasteiger partial charge in [-0.2, -0.15) is 13.2 Å². The van der Waals surface area contributed by atoms with Crippen molar-refractivity contribution < 1.29 is 17.7 Å². The lowest BCUT2D eigenvalue weighted by molar-refractivity contribution is -0.162. The summed E-state index contributed by atoms with van der Waals surface area (Å²) in [7, 11) is -2.28. The molecule has 0 aliphatic heterocycles. The zero-order chi connectivity index (χ0) is 17.1. The van der Waals surface area contributed by atoms with Crippen molar-refractivity contribution in [1.82, 2.24) is 4.98 Å². The number of rotatable bonds is 5. The maximum Gasteiger partial charge on any atom is 0.416 e. The molecule has 3 nitrogen and oxygen atoms in total. The Kier molecular flexibility index (Phi) is 5.11. The minimum absolute atomic E-state index is 0.0953. The van der Waals surface area contributed by atoms with Gasteiger partial charge in [0.05, 0.1) is 11.4 Å². The fraction of sp³-hybridized carbons (Fsp3) is 0.312. The summed E-state index contributed by atoms with van der Waals surface area (Å²) >= 11 is 0. The molecule has 2 rings (SSSR count). The van der Waals surface area contributed by atoms with E-state index in [1.54, 1.807) is 42.5 Å². The number of alkyl halides is 3. The molecule has 23 heavy (non-hydrogen) atoms. The van der Waals surface area contributed by atoms with E-state index in [2.05, 4.69) is 4.98 Å². The van der Waals surface area contributed by atoms with Crippen molar-refractivity contribution in [3.63, 3.8) is 0 Å². The third-order valence-corrected chi connectivity index (χ3v) is 3.64. The Morgan fingerprint density at radius 2 is 1.61 bits per heavy atom. The quantitative estimate of drug-likeness (QED) is 0.568. The molecule has 0 saturated carbocycles. The van der Waals surface area contributed by atoms with Crippen molar-refractivity contribution in [3.05, 3.63) is 60.4 Å². The second-order valence-electron chi connectivity index (χ2n) is 6.06. The van der Waals surface area contributed by atoms with Gasteiger partial charge in [0.25, 0.3) is 0 Å². The van der Waals surface area contributed by atoms with E-state index in [9.17, 15) is 13.2 Å². The largest absolute Gasteiger partial charge is 0.416 e. The lowest BCUT2D eigenvalue weighted by Gasteiger charge is -2.37. The first kappa shape index (κ1) is 17.5. The van der Waals surface area contributed by atoms with Crippen LogP contribution in [0.15, 0.2) is 54.7 Å². The lowest BCUT2D eigenvalue weighted by Crippen LogP contribution is -2.45. The van der Waals surface area contributed by atoms with Crippen molar-refractivity contribution in [2.75, 3.05) is 5.06 Å². The minimum atomic E-state index is -4.52. The van der Waals surface area contributed by atoms with Crippen LogP contribution >= 0.6 is 0 Å². The Bertz CT molecular complexity index is 615. The van der Waals surface area contributed by atoms with Crippen LogP contribution < -0.4 is 5.06 Å². The van der Waals surface area contributed by atoms with Gasteiger partial charge in [-0.25, -0.2) is 5.06 Å². The first-order valence-corrected chi connectivity index (χ1v) is 10.6. The third kappa shape index (κ3) is 4.80. The highest BCUT2D eigenvalue weighted by Gasteiger charge is 2.48. The van der Waals surface area contributed by atoms with Crippen LogP contribution in [-0.2, 0) is 4.53 Å². The van der Waals surface area contributed by atoms with E-state index in [-0.39, 0.29) is 5.69 Å². The predicted molar refractivity (Wildman–Crippen MR) is 86.4 cm³/mol. The molecule has 1 atom stereocenters. The maximum absolute atomic E-state index is 13.8. The highest BCUT2D eigenvalue weighted by atomic mass is 28.4. The van der Waals surface area contributed by atoms with E-state index in [4.69, 9.17) is 4.53 Å². The van der Waals surface area contributed by atoms with Gasteiger partial charge in [-0.15, -0.1) is 0 Å². The summed E-state index contributed by atoms with van der Waals surface area (Å²) in [5, 5.41) is 0.953. The molecule has 2 aromatic rings. The summed E-state index contributed by atoms with van der Waals surface area (Å²) in [4.78, 5) is 3.90. The highest BCUT2D eigenvalue weighted by Crippen LogP contribution is 2.40. The van der Waals surface area contributed by atoms with Crippen molar-refractivity contribution in [1.29, 1.82) is 0 Å². The predicted octanol–water partition coefficient (Wildman–Crippen LogP) is 4.96. The number of hydrogen-bond acceptors (Lipinski definition) is 3. The normalized spacial score (nSPS) is 13.7. The number of nitrogens with zero attached hydrogens (tertiary/aromatic N) is 2. The molecule has 0 saturated heterocycles. The Balaban J connectivity index is 2.53. The number of hydroxylamine groups is 1. The maximum atomic E-state index is 13.8. The molecule has 0 fully saturated rings. The average molecular weight is 340 g/mol. The van der Waals surface area contributed by atoms with Crippen LogP contribution in [0.2, 0.25) is 19.6 Å². The SMILES string of the molecule is C[Si](C)(C)ON(c1ccccc1)C(c1ccccn1)C(F)(F)F. The summed E-state index contributed by atoms with van der Waals surface area (Å²) in [6.45, 7) is 5.53. The van der Waals surface area contributed by atoms with Gasteiger partial charge in [-0.3, -0.25) is 4.98 Å². The zero-order valence-corrected chi connectivity index (χ0v) is 14.2. The van der Waals surface area contributed by atoms with Gasteiger partial charge in [-0.1, -0.05) is 24.3 Å². The number of aromatic nitrogens is 1. The van der Waals surface area contributed by atoms with Crippen LogP contribution in [0.1, 0.15) is 11.7 Å². The second kappa shape index (κ2) is 6.72. The van der Waals surface area contributed by atoms with Gasteiger partial charge in [0.15, 0.2) is 6.04 Å². The Morgan fingerprint density at radius 1 is 1.00 bits per heavy atom. The van der Waals surface area contributed by atoms with Gasteiger partial charge < -0.3 is 4.53 Å². The van der Waals surface area contributed by atoms with Gasteiger partial charge >= 0.3 is 6.18 Å². The van der Waals surface area contributed by atoms with Crippen molar-refractivity contribution in [2.24, 2.45) is 0 Å². The topological polar surface area (TPSA) is 25.4 Å². The summed E-state index contributed by atoms with van der Waals surface area (Å²) in [6, 6.07) is 10.8. The van der Waals surface area contributed by atoms with Crippen LogP contribution in [0.3, 0.4) is 0 Å². The molecule has 0 bridgehead atoms. The van der Waals surface area contributed by atoms with Gasteiger partial charge in [0, 0.05) is 6.20 Å². The smallest absolute Gasteiger partial charge is 0.319 e. The minimum Gasteiger partial charge on any atom is -0.319 e. The van der Waals surface area contributed by atoms with E-state index in [0.29, 0.717) is 5.69 Å². The number of hydrogen-bond donors (Lipinski definition) is 0. The van der Waals surface area contributed by atoms with E-state index in [0.717, 1.165) is 5.06 Å². The van der Waals surface area contributed by atoms with Crippen molar-refractivity contribution in [3.8, 4) is 0 Å². The Hall–Kier alpha value is -1.86. The molecular formula is C16H19F3N2OSi. The van der Waals surface area contributed by atoms with E-state index < -0.39 is 20.5 Å². The third-order valence-electron chi connectivity index (χ3n) is 2.90. The van der Waals surface area contributed by atoms with Crippen molar-refractivity contribution >= 4 is 14.0 Å². The number of para-hydroxylation sites is 1. The second-order valence-corrected chi connectivity index (χ2v) is 10.5. The fourth-order valence-corrected chi connectivity index (χ4v) is 2.88. The summed E-state index contributed by atoms with van der Waals surface area (Å²) in [6.07, 6.45) is -3.17. The molecule has 124 valence electrons. The lowest BCUT2D eigenvalue weighted by atomic mass is 10.1. The molecule has 1 aromatic carbocycles. The van der Waals surface area contributed by atoms with Crippen LogP contribution in [0.5, 0.6) is 0 Å². The van der Waals surface area contributed by atoms with Crippen LogP contribution in [0.4, 0.5) is 18.9 Å². The molecule has 0 amide bonds. The number of anilines is 1. The molecule has 1 unspecified atom stereocenters. The molecule has 1 aromatic heterocycles. The van der Waals surface area contributed by atoms with Gasteiger partial charge in [0.1, 0.15) is 0 Å². The Labute approximate surface area is 134 Å². The van der Waals surface area contributed by atoms with Crippen LogP contribution in [-0.4, -0.2) is 19.5 Å². The molecule has 0 aliphatic carbocycles. The van der Waals surface area contributed by atoms with E-state index in [1.807, 2.05) is 19.6 Å². The molecule has 0 N–H and O–H groups in total. The van der Waals surface area contributed by atoms with Crippen molar-refractivity contribution in [2.45, 2.75) is 31.9 Å². The van der Waals surface area contributed by atoms with E-state index in [1.165, 1.54) is 12.3 Å². The number of benzene rings is 1. The standard InChI is InChI=1S/C16H19F3N2OSi/c1-23(2,3)22-21(13-9-5-4-6-10-13)15(16(17,18)19)14-11-7-8-12-20-14/h4-12,15H,1-3H3. The average Bonchev–Trinajstić information content (AvgIpc) is 2.46. The van der Waals surface area contributed by atoms with Gasteiger partial charge in [-0.05, 0) is 43.9 Å². The highest BCUT2D eigenvalue weighted by molar-refractivity contribution is 6.69. The first-order valence-electron chi connectivity index (χ1n) is 7.19. The molecule has 0 radical (unpaired) electrons. The summed E-state index contributed by atoms with van der Waals surface area (Å²) in [5.74, 6) is 0. The zero-order valence-electron chi connectivity index (χ0n) is 13.2. The first-order chi connectivity index (χ1) is 10.7. The van der Waals surface area contributed by atoms with Gasteiger partial charge in [0.2, 0.25) is 8.32 Å². The van der Waals surface area contributed by atoms with Crippen LogP contribution in [0.25, 0.3) is 0 Å². The molecule has 1 heterocycles. The monoisotopic (exact) mass is 340 g/mol. The Morgan fingerprint density at radius 3 is 2.09 bits per heavy atom. The number of pyridine rings is 1. The summed E-state index contributed by atoms with van der Waals surface area (Å²) < 4.78 is 47.1. The molecule has 0 spiro atoms. The summed E-state index contributed by atoms with van der Waals surface area (Å²) in [5.41, 5.74) is 0.255. The number of halogens is 3. The molecule has 0 aliphatic rings. The van der Waals surface area contributed by atoms with Crippen LogP contribution in [0, 0.1) is 0 Å². The fourth-order valence-electron chi connectivity index (χ4n) is 2.08. The molecular weight excluding hydrogens is 321 g/mol.